The summed E-state index contributed by atoms with van der Waals surface area (Å²) >= 11 is 1.50. The van der Waals surface area contributed by atoms with Gasteiger partial charge < -0.3 is 9.90 Å². The standard InChI is InChI=1S/C14H22S.C4H8O2/c1-2-3-4-5-6-10-13-15-14-11-8-7-9-12-14;1-2-3-4(5)6/h7-9,11-12H,2-6,10,13H2,1H3;2-3H2,1H3,(H,5,6). The number of aliphatic carboxylic acids is 1. The fourth-order valence-corrected chi connectivity index (χ4v) is 2.86. The van der Waals surface area contributed by atoms with Crippen molar-refractivity contribution in [3.63, 3.8) is 0 Å². The summed E-state index contributed by atoms with van der Waals surface area (Å²) in [6, 6.07) is 10.8. The van der Waals surface area contributed by atoms with Crippen LogP contribution in [0.1, 0.15) is 65.2 Å². The van der Waals surface area contributed by atoms with E-state index < -0.39 is 5.97 Å². The monoisotopic (exact) mass is 310 g/mol. The number of carbonyl (C=O) groups excluding carboxylic acids is 1. The fourth-order valence-electron chi connectivity index (χ4n) is 1.84. The Labute approximate surface area is 134 Å². The molecule has 3 heteroatoms. The van der Waals surface area contributed by atoms with Gasteiger partial charge in [0.25, 0.3) is 0 Å². The van der Waals surface area contributed by atoms with Crippen LogP contribution in [0.2, 0.25) is 0 Å². The van der Waals surface area contributed by atoms with E-state index in [0.29, 0.717) is 6.42 Å². The van der Waals surface area contributed by atoms with Gasteiger partial charge in [-0.05, 0) is 31.4 Å². The first-order valence-electron chi connectivity index (χ1n) is 8.13. The smallest absolute Gasteiger partial charge is 0.152 e. The zero-order chi connectivity index (χ0) is 15.8. The maximum Gasteiger partial charge on any atom is 0.152 e. The van der Waals surface area contributed by atoms with Gasteiger partial charge in [0.1, 0.15) is 5.75 Å². The Morgan fingerprint density at radius 3 is 2.10 bits per heavy atom. The number of carboxylic acid groups (broad SMARTS) is 1. The first kappa shape index (κ1) is 20.0. The van der Waals surface area contributed by atoms with Gasteiger partial charge in [-0.2, -0.15) is 0 Å². The number of benzene rings is 1. The summed E-state index contributed by atoms with van der Waals surface area (Å²) in [7, 11) is 0. The minimum absolute atomic E-state index is 0.181. The number of hydrogen-bond donors (Lipinski definition) is 0. The molecule has 0 aliphatic rings. The zero-order valence-electron chi connectivity index (χ0n) is 13.5. The van der Waals surface area contributed by atoms with Gasteiger partial charge in [0, 0.05) is 17.7 Å². The molecule has 0 saturated heterocycles. The Morgan fingerprint density at radius 1 is 0.952 bits per heavy atom. The van der Waals surface area contributed by atoms with Crippen molar-refractivity contribution in [3.8, 4) is 0 Å². The molecule has 2 nitrogen and oxygen atoms in total. The second kappa shape index (κ2) is 15.4. The van der Waals surface area contributed by atoms with Gasteiger partial charge in [-0.1, -0.05) is 64.2 Å². The van der Waals surface area contributed by atoms with Crippen LogP contribution in [-0.2, 0) is 16.6 Å². The maximum atomic E-state index is 9.49. The average Bonchev–Trinajstić information content (AvgIpc) is 2.48. The molecular formula is C18H30O2S. The van der Waals surface area contributed by atoms with E-state index in [9.17, 15) is 9.90 Å². The lowest BCUT2D eigenvalue weighted by atomic mass is 10.1. The molecule has 0 amide bonds. The molecule has 0 aliphatic heterocycles. The quantitative estimate of drug-likeness (QED) is 0.375. The lowest BCUT2D eigenvalue weighted by molar-refractivity contribution is -0.305. The minimum Gasteiger partial charge on any atom is -0.550 e. The number of rotatable bonds is 10. The van der Waals surface area contributed by atoms with E-state index in [0.717, 1.165) is 0 Å². The van der Waals surface area contributed by atoms with Crippen LogP contribution in [0.5, 0.6) is 0 Å². The van der Waals surface area contributed by atoms with Crippen LogP contribution in [0, 0.1) is 0 Å². The van der Waals surface area contributed by atoms with Gasteiger partial charge in [0.2, 0.25) is 0 Å². The van der Waals surface area contributed by atoms with Crippen molar-refractivity contribution in [2.75, 3.05) is 5.75 Å². The average molecular weight is 311 g/mol. The lowest BCUT2D eigenvalue weighted by Crippen LogP contribution is -2.20. The van der Waals surface area contributed by atoms with Gasteiger partial charge in [-0.25, -0.2) is 0 Å². The topological polar surface area (TPSA) is 40.1 Å². The third kappa shape index (κ3) is 15.3. The molecule has 0 unspecified atom stereocenters. The van der Waals surface area contributed by atoms with Gasteiger partial charge >= 0.3 is 0 Å². The summed E-state index contributed by atoms with van der Waals surface area (Å²) in [5.41, 5.74) is 0. The van der Waals surface area contributed by atoms with Crippen molar-refractivity contribution < 1.29 is 9.90 Å². The molecule has 0 bridgehead atoms. The molecule has 0 radical (unpaired) electrons. The highest BCUT2D eigenvalue weighted by atomic mass is 32.2. The maximum absolute atomic E-state index is 9.49. The molecule has 0 fully saturated rings. The summed E-state index contributed by atoms with van der Waals surface area (Å²) in [5, 5.41) is 9.49. The van der Waals surface area contributed by atoms with Crippen molar-refractivity contribution in [1.82, 2.24) is 0 Å². The summed E-state index contributed by atoms with van der Waals surface area (Å²) in [5.74, 6) is 0.369. The van der Waals surface area contributed by atoms with Crippen LogP contribution in [-0.4, -0.2) is 11.7 Å². The van der Waals surface area contributed by atoms with E-state index in [1.807, 2.05) is 0 Å². The molecule has 1 aromatic rings. The van der Waals surface area contributed by atoms with Gasteiger partial charge in [0.05, 0.1) is 0 Å². The minimum atomic E-state index is -0.961. The molecule has 0 atom stereocenters. The molecule has 21 heavy (non-hydrogen) atoms. The van der Waals surface area contributed by atoms with Crippen LogP contribution < -0.4 is 5.11 Å². The Bertz CT molecular complexity index is 338. The second-order valence-corrected chi connectivity index (χ2v) is 6.39. The van der Waals surface area contributed by atoms with Crippen molar-refractivity contribution in [2.45, 2.75) is 70.1 Å². The molecule has 120 valence electrons. The molecule has 1 aromatic carbocycles. The molecule has 1 rings (SSSR count). The van der Waals surface area contributed by atoms with E-state index >= 15 is 0 Å². The van der Waals surface area contributed by atoms with Crippen molar-refractivity contribution in [2.24, 2.45) is 0 Å². The number of thiol groups is 1. The first-order valence-corrected chi connectivity index (χ1v) is 9.21. The number of carboxylic acids is 1. The summed E-state index contributed by atoms with van der Waals surface area (Å²) in [6.07, 6.45) is 9.28. The molecule has 0 N–H and O–H groups in total. The summed E-state index contributed by atoms with van der Waals surface area (Å²) in [4.78, 5) is 11.0. The fraction of sp³-hybridized carbons (Fsp3) is 0.611. The Morgan fingerprint density at radius 2 is 1.57 bits per heavy atom. The van der Waals surface area contributed by atoms with Crippen LogP contribution in [0.4, 0.5) is 0 Å². The van der Waals surface area contributed by atoms with E-state index in [2.05, 4.69) is 37.3 Å². The van der Waals surface area contributed by atoms with Gasteiger partial charge in [-0.15, -0.1) is 0 Å². The first-order chi connectivity index (χ1) is 10.2. The number of unbranched alkanes of at least 4 members (excludes halogenated alkanes) is 5. The molecule has 0 heterocycles. The predicted molar refractivity (Wildman–Crippen MR) is 91.6 cm³/mol. The van der Waals surface area contributed by atoms with Crippen LogP contribution in [0.15, 0.2) is 35.2 Å². The van der Waals surface area contributed by atoms with Crippen molar-refractivity contribution in [3.05, 3.63) is 30.3 Å². The highest BCUT2D eigenvalue weighted by Gasteiger charge is 2.00. The zero-order valence-corrected chi connectivity index (χ0v) is 14.4. The van der Waals surface area contributed by atoms with Crippen LogP contribution in [0.3, 0.4) is 0 Å². The van der Waals surface area contributed by atoms with E-state index in [1.165, 1.54) is 60.9 Å². The van der Waals surface area contributed by atoms with Crippen molar-refractivity contribution >= 4 is 17.7 Å². The van der Waals surface area contributed by atoms with Gasteiger partial charge in [0.15, 0.2) is 4.90 Å². The Balaban J connectivity index is 0.000000567. The van der Waals surface area contributed by atoms with E-state index in [4.69, 9.17) is 0 Å². The lowest BCUT2D eigenvalue weighted by Gasteiger charge is -1.97. The highest BCUT2D eigenvalue weighted by Crippen LogP contribution is 2.07. The van der Waals surface area contributed by atoms with Gasteiger partial charge in [-0.3, -0.25) is 0 Å². The SMILES string of the molecule is CCCC(=O)[O-].CCCCCCCC[SH+]c1ccccc1. The third-order valence-corrected chi connectivity index (χ3v) is 4.22. The van der Waals surface area contributed by atoms with E-state index in [-0.39, 0.29) is 6.42 Å². The third-order valence-electron chi connectivity index (χ3n) is 3.02. The molecule has 0 aromatic heterocycles. The normalized spacial score (nSPS) is 9.81. The second-order valence-electron chi connectivity index (χ2n) is 5.11. The molecular weight excluding hydrogens is 280 g/mol. The molecule has 0 saturated carbocycles. The number of carbonyl (C=O) groups is 1. The molecule has 0 spiro atoms. The van der Waals surface area contributed by atoms with Crippen LogP contribution in [0.25, 0.3) is 0 Å². The Kier molecular flexibility index (Phi) is 14.7. The van der Waals surface area contributed by atoms with Crippen molar-refractivity contribution in [1.29, 1.82) is 0 Å². The molecule has 0 aliphatic carbocycles. The van der Waals surface area contributed by atoms with E-state index in [1.54, 1.807) is 6.92 Å². The van der Waals surface area contributed by atoms with Crippen LogP contribution >= 0.6 is 0 Å². The highest BCUT2D eigenvalue weighted by molar-refractivity contribution is 7.78. The summed E-state index contributed by atoms with van der Waals surface area (Å²) < 4.78 is 0. The Hall–Kier alpha value is -0.960. The predicted octanol–water partition coefficient (Wildman–Crippen LogP) is 3.76. The number of hydrogen-bond acceptors (Lipinski definition) is 2. The summed E-state index contributed by atoms with van der Waals surface area (Å²) in [6.45, 7) is 4.07. The largest absolute Gasteiger partial charge is 0.550 e.